The van der Waals surface area contributed by atoms with Gasteiger partial charge in [0.25, 0.3) is 0 Å². The quantitative estimate of drug-likeness (QED) is 0.794. The van der Waals surface area contributed by atoms with Gasteiger partial charge in [-0.2, -0.15) is 0 Å². The van der Waals surface area contributed by atoms with E-state index in [-0.39, 0.29) is 24.3 Å². The lowest BCUT2D eigenvalue weighted by Crippen LogP contribution is -2.06. The minimum absolute atomic E-state index is 0.0727. The maximum absolute atomic E-state index is 12.8. The topological polar surface area (TPSA) is 52.3 Å². The molecule has 1 saturated carbocycles. The molecule has 1 fully saturated rings. The van der Waals surface area contributed by atoms with Crippen LogP contribution in [0.15, 0.2) is 34.9 Å². The predicted octanol–water partition coefficient (Wildman–Crippen LogP) is 2.93. The largest absolute Gasteiger partial charge is 0.459 e. The first kappa shape index (κ1) is 11.9. The molecule has 1 aromatic heterocycles. The lowest BCUT2D eigenvalue weighted by molar-refractivity contribution is -0.146. The molecule has 0 N–H and O–H groups in total. The Morgan fingerprint density at radius 2 is 2.11 bits per heavy atom. The second kappa shape index (κ2) is 4.84. The van der Waals surface area contributed by atoms with Gasteiger partial charge in [0.05, 0.1) is 5.92 Å². The van der Waals surface area contributed by atoms with E-state index in [9.17, 15) is 9.18 Å². The first-order chi connectivity index (χ1) is 9.22. The highest BCUT2D eigenvalue weighted by molar-refractivity contribution is 5.74. The Hall–Kier alpha value is -2.17. The molecule has 2 aromatic rings. The van der Waals surface area contributed by atoms with Crippen molar-refractivity contribution in [3.63, 3.8) is 0 Å². The van der Waals surface area contributed by atoms with Crippen LogP contribution in [-0.2, 0) is 16.1 Å². The lowest BCUT2D eigenvalue weighted by Gasteiger charge is -1.99. The number of nitrogens with zero attached hydrogens (tertiary/aromatic N) is 1. The minimum atomic E-state index is -0.304. The molecule has 4 nitrogen and oxygen atoms in total. The van der Waals surface area contributed by atoms with Crippen LogP contribution in [-0.4, -0.2) is 11.1 Å². The van der Waals surface area contributed by atoms with Gasteiger partial charge in [-0.25, -0.2) is 4.39 Å². The van der Waals surface area contributed by atoms with Crippen molar-refractivity contribution >= 4 is 5.97 Å². The molecule has 3 rings (SSSR count). The van der Waals surface area contributed by atoms with Gasteiger partial charge in [0, 0.05) is 11.6 Å². The molecule has 0 saturated heterocycles. The first-order valence-corrected chi connectivity index (χ1v) is 6.10. The Bertz CT molecular complexity index is 587. The van der Waals surface area contributed by atoms with Gasteiger partial charge >= 0.3 is 5.97 Å². The van der Waals surface area contributed by atoms with E-state index >= 15 is 0 Å². The molecular weight excluding hydrogens is 249 g/mol. The average molecular weight is 261 g/mol. The van der Waals surface area contributed by atoms with Crippen LogP contribution in [0, 0.1) is 11.7 Å². The molecule has 1 aliphatic rings. The number of hydrogen-bond acceptors (Lipinski definition) is 4. The molecule has 19 heavy (non-hydrogen) atoms. The molecule has 98 valence electrons. The second-order valence-corrected chi connectivity index (χ2v) is 4.57. The van der Waals surface area contributed by atoms with E-state index in [1.165, 1.54) is 12.1 Å². The van der Waals surface area contributed by atoms with E-state index in [0.717, 1.165) is 18.4 Å². The van der Waals surface area contributed by atoms with Crippen molar-refractivity contribution in [3.8, 4) is 11.3 Å². The zero-order chi connectivity index (χ0) is 13.2. The molecule has 0 aliphatic heterocycles. The van der Waals surface area contributed by atoms with Crippen LogP contribution in [0.4, 0.5) is 4.39 Å². The Labute approximate surface area is 109 Å². The Kier molecular flexibility index (Phi) is 3.03. The third-order valence-electron chi connectivity index (χ3n) is 2.96. The Morgan fingerprint density at radius 1 is 1.37 bits per heavy atom. The van der Waals surface area contributed by atoms with E-state index in [1.54, 1.807) is 18.2 Å². The van der Waals surface area contributed by atoms with Crippen molar-refractivity contribution in [2.24, 2.45) is 5.92 Å². The number of carbonyl (C=O) groups is 1. The van der Waals surface area contributed by atoms with Gasteiger partial charge < -0.3 is 9.26 Å². The summed E-state index contributed by atoms with van der Waals surface area (Å²) in [7, 11) is 0. The molecule has 0 atom stereocenters. The number of esters is 1. The summed E-state index contributed by atoms with van der Waals surface area (Å²) < 4.78 is 23.0. The van der Waals surface area contributed by atoms with Crippen LogP contribution in [0.1, 0.15) is 18.5 Å². The van der Waals surface area contributed by atoms with Crippen molar-refractivity contribution in [1.29, 1.82) is 0 Å². The molecule has 0 bridgehead atoms. The summed E-state index contributed by atoms with van der Waals surface area (Å²) in [5, 5.41) is 3.82. The van der Waals surface area contributed by atoms with Crippen LogP contribution < -0.4 is 0 Å². The molecule has 0 spiro atoms. The van der Waals surface area contributed by atoms with Crippen LogP contribution in [0.3, 0.4) is 0 Å². The number of benzene rings is 1. The normalized spacial score (nSPS) is 14.4. The predicted molar refractivity (Wildman–Crippen MR) is 64.4 cm³/mol. The number of hydrogen-bond donors (Lipinski definition) is 0. The molecule has 0 radical (unpaired) electrons. The molecule has 0 amide bonds. The zero-order valence-electron chi connectivity index (χ0n) is 10.1. The van der Waals surface area contributed by atoms with E-state index < -0.39 is 0 Å². The maximum atomic E-state index is 12.8. The fourth-order valence-electron chi connectivity index (χ4n) is 1.71. The molecule has 5 heteroatoms. The molecule has 1 aromatic carbocycles. The number of carbonyl (C=O) groups excluding carboxylic acids is 1. The summed E-state index contributed by atoms with van der Waals surface area (Å²) in [5.41, 5.74) is 1.28. The number of aromatic nitrogens is 1. The van der Waals surface area contributed by atoms with Gasteiger partial charge in [-0.05, 0) is 37.1 Å². The van der Waals surface area contributed by atoms with Crippen molar-refractivity contribution < 1.29 is 18.4 Å². The Morgan fingerprint density at radius 3 is 2.79 bits per heavy atom. The van der Waals surface area contributed by atoms with Crippen LogP contribution in [0.25, 0.3) is 11.3 Å². The standard InChI is InChI=1S/C14H12FNO3/c15-11-5-3-9(4-6-11)13-7-12(16-19-13)8-18-14(17)10-1-2-10/h3-7,10H,1-2,8H2. The van der Waals surface area contributed by atoms with E-state index in [0.29, 0.717) is 11.5 Å². The van der Waals surface area contributed by atoms with Crippen molar-refractivity contribution in [3.05, 3.63) is 41.8 Å². The van der Waals surface area contributed by atoms with E-state index in [2.05, 4.69) is 5.16 Å². The monoisotopic (exact) mass is 261 g/mol. The van der Waals surface area contributed by atoms with Crippen LogP contribution in [0.2, 0.25) is 0 Å². The summed E-state index contributed by atoms with van der Waals surface area (Å²) in [6.45, 7) is 0.111. The maximum Gasteiger partial charge on any atom is 0.309 e. The lowest BCUT2D eigenvalue weighted by atomic mass is 10.1. The summed E-state index contributed by atoms with van der Waals surface area (Å²) in [5.74, 6) is 0.120. The molecular formula is C14H12FNO3. The highest BCUT2D eigenvalue weighted by atomic mass is 19.1. The van der Waals surface area contributed by atoms with Gasteiger partial charge in [-0.1, -0.05) is 5.16 Å². The average Bonchev–Trinajstić information content (AvgIpc) is 3.16. The van der Waals surface area contributed by atoms with Crippen LogP contribution >= 0.6 is 0 Å². The fourth-order valence-corrected chi connectivity index (χ4v) is 1.71. The number of rotatable bonds is 4. The summed E-state index contributed by atoms with van der Waals surface area (Å²) >= 11 is 0. The minimum Gasteiger partial charge on any atom is -0.459 e. The van der Waals surface area contributed by atoms with Gasteiger partial charge in [-0.3, -0.25) is 4.79 Å². The van der Waals surface area contributed by atoms with Crippen molar-refractivity contribution in [2.75, 3.05) is 0 Å². The van der Waals surface area contributed by atoms with Crippen molar-refractivity contribution in [1.82, 2.24) is 5.16 Å². The summed E-state index contributed by atoms with van der Waals surface area (Å²) in [4.78, 5) is 11.4. The molecule has 1 aliphatic carbocycles. The molecule has 0 unspecified atom stereocenters. The smallest absolute Gasteiger partial charge is 0.309 e. The van der Waals surface area contributed by atoms with Gasteiger partial charge in [0.1, 0.15) is 18.1 Å². The Balaban J connectivity index is 1.65. The first-order valence-electron chi connectivity index (χ1n) is 6.10. The highest BCUT2D eigenvalue weighted by Crippen LogP contribution is 2.30. The van der Waals surface area contributed by atoms with Crippen molar-refractivity contribution in [2.45, 2.75) is 19.4 Å². The second-order valence-electron chi connectivity index (χ2n) is 4.57. The van der Waals surface area contributed by atoms with Gasteiger partial charge in [0.15, 0.2) is 5.76 Å². The van der Waals surface area contributed by atoms with E-state index in [1.807, 2.05) is 0 Å². The third-order valence-corrected chi connectivity index (χ3v) is 2.96. The highest BCUT2D eigenvalue weighted by Gasteiger charge is 2.31. The van der Waals surface area contributed by atoms with Crippen LogP contribution in [0.5, 0.6) is 0 Å². The summed E-state index contributed by atoms with van der Waals surface area (Å²) in [6.07, 6.45) is 1.83. The fraction of sp³-hybridized carbons (Fsp3) is 0.286. The van der Waals surface area contributed by atoms with E-state index in [4.69, 9.17) is 9.26 Å². The van der Waals surface area contributed by atoms with Gasteiger partial charge in [-0.15, -0.1) is 0 Å². The number of halogens is 1. The number of ether oxygens (including phenoxy) is 1. The van der Waals surface area contributed by atoms with Gasteiger partial charge in [0.2, 0.25) is 0 Å². The summed E-state index contributed by atoms with van der Waals surface area (Å²) in [6, 6.07) is 7.61. The zero-order valence-corrected chi connectivity index (χ0v) is 10.1. The SMILES string of the molecule is O=C(OCc1cc(-c2ccc(F)cc2)on1)C1CC1. The molecule has 1 heterocycles. The third kappa shape index (κ3) is 2.81.